The van der Waals surface area contributed by atoms with Crippen LogP contribution in [0.3, 0.4) is 0 Å². The van der Waals surface area contributed by atoms with Gasteiger partial charge in [0.15, 0.2) is 5.11 Å². The maximum absolute atomic E-state index is 12.5. The van der Waals surface area contributed by atoms with E-state index in [1.54, 1.807) is 42.5 Å². The summed E-state index contributed by atoms with van der Waals surface area (Å²) in [5.74, 6) is -0.442. The lowest BCUT2D eigenvalue weighted by atomic mass is 10.2. The molecule has 0 heterocycles. The second kappa shape index (κ2) is 8.77. The highest BCUT2D eigenvalue weighted by Gasteiger charge is 2.16. The molecule has 0 unspecified atom stereocenters. The summed E-state index contributed by atoms with van der Waals surface area (Å²) in [6.45, 7) is 3.76. The minimum atomic E-state index is -0.514. The van der Waals surface area contributed by atoms with Gasteiger partial charge in [-0.3, -0.25) is 14.9 Å². The summed E-state index contributed by atoms with van der Waals surface area (Å²) in [5, 5.41) is 5.61. The van der Waals surface area contributed by atoms with Crippen LogP contribution < -0.4 is 21.1 Å². The lowest BCUT2D eigenvalue weighted by Gasteiger charge is -2.15. The molecule has 6 nitrogen and oxygen atoms in total. The molecule has 2 aromatic rings. The van der Waals surface area contributed by atoms with Crippen LogP contribution in [0.25, 0.3) is 0 Å². The third kappa shape index (κ3) is 5.53. The van der Waals surface area contributed by atoms with Gasteiger partial charge in [0.1, 0.15) is 5.75 Å². The number of carbonyl (C=O) groups excluding carboxylic acids is 2. The average Bonchev–Trinajstić information content (AvgIpc) is 2.56. The van der Waals surface area contributed by atoms with E-state index >= 15 is 0 Å². The highest BCUT2D eigenvalue weighted by Crippen LogP contribution is 2.24. The second-order valence-corrected chi connectivity index (χ2v) is 6.98. The van der Waals surface area contributed by atoms with Crippen molar-refractivity contribution < 1.29 is 14.3 Å². The zero-order valence-corrected chi connectivity index (χ0v) is 16.6. The Hall–Kier alpha value is -2.45. The molecule has 0 aliphatic carbocycles. The van der Waals surface area contributed by atoms with Crippen molar-refractivity contribution in [2.24, 2.45) is 5.73 Å². The van der Waals surface area contributed by atoms with Crippen LogP contribution in [0.5, 0.6) is 5.75 Å². The first-order valence-electron chi connectivity index (χ1n) is 7.74. The van der Waals surface area contributed by atoms with E-state index in [1.165, 1.54) is 0 Å². The number of carbonyl (C=O) groups is 2. The SMILES string of the molecule is CC(C)Oc1ccc(Br)cc1C(=O)NC(=S)Nc1ccc(C(N)=O)cc1. The van der Waals surface area contributed by atoms with E-state index in [0.29, 0.717) is 22.6 Å². The number of anilines is 1. The average molecular weight is 436 g/mol. The molecule has 0 fully saturated rings. The lowest BCUT2D eigenvalue weighted by molar-refractivity contribution is 0.0969. The van der Waals surface area contributed by atoms with Crippen LogP contribution in [0.2, 0.25) is 0 Å². The number of halogens is 1. The van der Waals surface area contributed by atoms with Crippen LogP contribution in [0.1, 0.15) is 34.6 Å². The van der Waals surface area contributed by atoms with Crippen molar-refractivity contribution in [3.8, 4) is 5.75 Å². The summed E-state index contributed by atoms with van der Waals surface area (Å²) >= 11 is 8.52. The minimum absolute atomic E-state index is 0.0726. The third-order valence-electron chi connectivity index (χ3n) is 3.20. The van der Waals surface area contributed by atoms with E-state index in [9.17, 15) is 9.59 Å². The number of hydrogen-bond donors (Lipinski definition) is 3. The molecular formula is C18H18BrN3O3S. The molecule has 8 heteroatoms. The summed E-state index contributed by atoms with van der Waals surface area (Å²) in [5.41, 5.74) is 6.56. The van der Waals surface area contributed by atoms with Gasteiger partial charge in [-0.2, -0.15) is 0 Å². The maximum atomic E-state index is 12.5. The summed E-state index contributed by atoms with van der Waals surface area (Å²) in [7, 11) is 0. The number of nitrogens with two attached hydrogens (primary N) is 1. The van der Waals surface area contributed by atoms with Crippen molar-refractivity contribution in [2.75, 3.05) is 5.32 Å². The zero-order valence-electron chi connectivity index (χ0n) is 14.2. The van der Waals surface area contributed by atoms with E-state index in [2.05, 4.69) is 26.6 Å². The molecule has 0 saturated heterocycles. The largest absolute Gasteiger partial charge is 0.490 e. The normalized spacial score (nSPS) is 10.3. The van der Waals surface area contributed by atoms with E-state index in [4.69, 9.17) is 22.7 Å². The van der Waals surface area contributed by atoms with E-state index < -0.39 is 11.8 Å². The van der Waals surface area contributed by atoms with Gasteiger partial charge in [0.2, 0.25) is 5.91 Å². The highest BCUT2D eigenvalue weighted by molar-refractivity contribution is 9.10. The molecule has 0 bridgehead atoms. The summed E-state index contributed by atoms with van der Waals surface area (Å²) in [4.78, 5) is 23.6. The fourth-order valence-corrected chi connectivity index (χ4v) is 2.66. The Balaban J connectivity index is 2.08. The number of nitrogens with one attached hydrogen (secondary N) is 2. The van der Waals surface area contributed by atoms with Crippen LogP contribution in [0, 0.1) is 0 Å². The van der Waals surface area contributed by atoms with Crippen LogP contribution >= 0.6 is 28.1 Å². The molecule has 0 radical (unpaired) electrons. The predicted octanol–water partition coefficient (Wildman–Crippen LogP) is 3.46. The first-order valence-corrected chi connectivity index (χ1v) is 8.95. The number of amides is 2. The van der Waals surface area contributed by atoms with Crippen molar-refractivity contribution in [1.29, 1.82) is 0 Å². The molecule has 0 spiro atoms. The number of primary amides is 1. The van der Waals surface area contributed by atoms with Crippen LogP contribution in [-0.2, 0) is 0 Å². The Morgan fingerprint density at radius 2 is 1.81 bits per heavy atom. The molecular weight excluding hydrogens is 418 g/mol. The zero-order chi connectivity index (χ0) is 19.3. The Kier molecular flexibility index (Phi) is 6.70. The van der Waals surface area contributed by atoms with Crippen molar-refractivity contribution in [1.82, 2.24) is 5.32 Å². The van der Waals surface area contributed by atoms with Crippen molar-refractivity contribution in [3.05, 3.63) is 58.1 Å². The fraction of sp³-hybridized carbons (Fsp3) is 0.167. The van der Waals surface area contributed by atoms with E-state index in [-0.39, 0.29) is 11.2 Å². The monoisotopic (exact) mass is 435 g/mol. The van der Waals surface area contributed by atoms with Gasteiger partial charge in [-0.1, -0.05) is 15.9 Å². The Bertz CT molecular complexity index is 838. The molecule has 0 aliphatic heterocycles. The van der Waals surface area contributed by atoms with Gasteiger partial charge in [-0.05, 0) is 68.5 Å². The van der Waals surface area contributed by atoms with E-state index in [0.717, 1.165) is 4.47 Å². The smallest absolute Gasteiger partial charge is 0.261 e. The number of hydrogen-bond acceptors (Lipinski definition) is 4. The molecule has 0 atom stereocenters. The van der Waals surface area contributed by atoms with Crippen molar-refractivity contribution in [3.63, 3.8) is 0 Å². The molecule has 2 rings (SSSR count). The first-order chi connectivity index (χ1) is 12.3. The molecule has 26 heavy (non-hydrogen) atoms. The quantitative estimate of drug-likeness (QED) is 0.625. The molecule has 0 aliphatic rings. The fourth-order valence-electron chi connectivity index (χ4n) is 2.09. The first kappa shape index (κ1) is 19.9. The van der Waals surface area contributed by atoms with Gasteiger partial charge in [0, 0.05) is 15.7 Å². The lowest BCUT2D eigenvalue weighted by Crippen LogP contribution is -2.34. The second-order valence-electron chi connectivity index (χ2n) is 5.66. The number of thiocarbonyl (C=S) groups is 1. The van der Waals surface area contributed by atoms with E-state index in [1.807, 2.05) is 13.8 Å². The molecule has 136 valence electrons. The molecule has 0 aromatic heterocycles. The molecule has 4 N–H and O–H groups in total. The van der Waals surface area contributed by atoms with Crippen LogP contribution in [-0.4, -0.2) is 23.0 Å². The Morgan fingerprint density at radius 1 is 1.15 bits per heavy atom. The van der Waals surface area contributed by atoms with Crippen LogP contribution in [0.15, 0.2) is 46.9 Å². The summed E-state index contributed by atoms with van der Waals surface area (Å²) in [6, 6.07) is 11.6. The van der Waals surface area contributed by atoms with Gasteiger partial charge in [-0.25, -0.2) is 0 Å². The summed E-state index contributed by atoms with van der Waals surface area (Å²) in [6.07, 6.45) is -0.0726. The standard InChI is InChI=1S/C18H18BrN3O3S/c1-10(2)25-15-8-5-12(19)9-14(15)17(24)22-18(26)21-13-6-3-11(4-7-13)16(20)23/h3-10H,1-2H3,(H2,20,23)(H2,21,22,24,26). The van der Waals surface area contributed by atoms with Gasteiger partial charge in [-0.15, -0.1) is 0 Å². The number of rotatable bonds is 5. The number of benzene rings is 2. The topological polar surface area (TPSA) is 93.4 Å². The molecule has 0 saturated carbocycles. The van der Waals surface area contributed by atoms with Gasteiger partial charge >= 0.3 is 0 Å². The number of ether oxygens (including phenoxy) is 1. The maximum Gasteiger partial charge on any atom is 0.261 e. The van der Waals surface area contributed by atoms with Gasteiger partial charge in [0.05, 0.1) is 11.7 Å². The Labute approximate surface area is 165 Å². The van der Waals surface area contributed by atoms with Crippen LogP contribution in [0.4, 0.5) is 5.69 Å². The minimum Gasteiger partial charge on any atom is -0.490 e. The van der Waals surface area contributed by atoms with Crippen molar-refractivity contribution in [2.45, 2.75) is 20.0 Å². The molecule has 2 aromatic carbocycles. The van der Waals surface area contributed by atoms with Crippen molar-refractivity contribution >= 4 is 50.8 Å². The molecule has 2 amide bonds. The predicted molar refractivity (Wildman–Crippen MR) is 109 cm³/mol. The highest BCUT2D eigenvalue weighted by atomic mass is 79.9. The summed E-state index contributed by atoms with van der Waals surface area (Å²) < 4.78 is 6.42. The third-order valence-corrected chi connectivity index (χ3v) is 3.90. The van der Waals surface area contributed by atoms with Gasteiger partial charge in [0.25, 0.3) is 5.91 Å². The Morgan fingerprint density at radius 3 is 2.38 bits per heavy atom. The van der Waals surface area contributed by atoms with Gasteiger partial charge < -0.3 is 15.8 Å².